The molecule has 1 atom stereocenters. The van der Waals surface area contributed by atoms with Crippen molar-refractivity contribution >= 4 is 17.6 Å². The van der Waals surface area contributed by atoms with Gasteiger partial charge in [0.1, 0.15) is 41.2 Å². The second-order valence-electron chi connectivity index (χ2n) is 9.16. The lowest BCUT2D eigenvalue weighted by Crippen LogP contribution is -2.21. The van der Waals surface area contributed by atoms with E-state index in [1.54, 1.807) is 42.5 Å². The molecule has 0 saturated heterocycles. The van der Waals surface area contributed by atoms with Gasteiger partial charge >= 0.3 is 5.97 Å². The average molecular weight is 553 g/mol. The maximum atomic E-state index is 12.4. The Morgan fingerprint density at radius 2 is 1.70 bits per heavy atom. The van der Waals surface area contributed by atoms with E-state index in [-0.39, 0.29) is 18.2 Å². The molecular formula is C32H25ClN2O5. The minimum Gasteiger partial charge on any atom is -0.489 e. The van der Waals surface area contributed by atoms with Crippen molar-refractivity contribution in [3.8, 4) is 29.1 Å². The molecule has 0 saturated carbocycles. The van der Waals surface area contributed by atoms with Crippen molar-refractivity contribution in [1.82, 2.24) is 0 Å². The molecule has 1 aliphatic heterocycles. The number of ether oxygens (including phenoxy) is 4. The first-order chi connectivity index (χ1) is 19.4. The summed E-state index contributed by atoms with van der Waals surface area (Å²) in [5.41, 5.74) is 10.2. The van der Waals surface area contributed by atoms with Crippen molar-refractivity contribution in [3.05, 3.63) is 130 Å². The predicted octanol–water partition coefficient (Wildman–Crippen LogP) is 6.43. The fourth-order valence-corrected chi connectivity index (χ4v) is 4.50. The van der Waals surface area contributed by atoms with E-state index in [9.17, 15) is 10.1 Å². The standard InChI is InChI=1S/C32H25ClN2O5/c1-20-6-8-21(9-7-20)18-37-23-12-10-22(11-13-23)31-25-15-14-24(16-29(25)40-32(35)26(31)17-34)39-30(36)19-38-28-5-3-2-4-27(28)33/h2-16,31H,18-19,35H2,1H3. The van der Waals surface area contributed by atoms with Crippen LogP contribution in [0.15, 0.2) is 102 Å². The molecule has 0 radical (unpaired) electrons. The molecule has 8 heteroatoms. The summed E-state index contributed by atoms with van der Waals surface area (Å²) in [6.07, 6.45) is 0. The molecule has 1 heterocycles. The van der Waals surface area contributed by atoms with Crippen LogP contribution in [-0.2, 0) is 11.4 Å². The highest BCUT2D eigenvalue weighted by Gasteiger charge is 2.31. The Morgan fingerprint density at radius 1 is 0.975 bits per heavy atom. The van der Waals surface area contributed by atoms with Crippen LogP contribution in [0.1, 0.15) is 28.2 Å². The number of halogens is 1. The number of nitriles is 1. The highest BCUT2D eigenvalue weighted by Crippen LogP contribution is 2.43. The summed E-state index contributed by atoms with van der Waals surface area (Å²) in [6.45, 7) is 2.16. The third-order valence-electron chi connectivity index (χ3n) is 6.34. The van der Waals surface area contributed by atoms with Crippen LogP contribution in [0.4, 0.5) is 0 Å². The van der Waals surface area contributed by atoms with Gasteiger partial charge in [-0.2, -0.15) is 5.26 Å². The first-order valence-corrected chi connectivity index (χ1v) is 12.9. The second kappa shape index (κ2) is 11.9. The van der Waals surface area contributed by atoms with Crippen LogP contribution >= 0.6 is 11.6 Å². The molecule has 0 aromatic heterocycles. The lowest BCUT2D eigenvalue weighted by Gasteiger charge is -2.26. The number of rotatable bonds is 8. The molecule has 4 aromatic rings. The second-order valence-corrected chi connectivity index (χ2v) is 9.57. The van der Waals surface area contributed by atoms with Gasteiger partial charge in [0.05, 0.1) is 10.9 Å². The van der Waals surface area contributed by atoms with E-state index in [4.69, 9.17) is 36.3 Å². The Bertz CT molecular complexity index is 1610. The zero-order chi connectivity index (χ0) is 28.1. The molecule has 1 aliphatic rings. The van der Waals surface area contributed by atoms with Crippen LogP contribution in [0.2, 0.25) is 5.02 Å². The van der Waals surface area contributed by atoms with Gasteiger partial charge in [-0.25, -0.2) is 4.79 Å². The van der Waals surface area contributed by atoms with Gasteiger partial charge in [0.15, 0.2) is 6.61 Å². The number of carbonyl (C=O) groups excluding carboxylic acids is 1. The van der Waals surface area contributed by atoms with E-state index in [2.05, 4.69) is 6.07 Å². The number of hydrogen-bond donors (Lipinski definition) is 1. The summed E-state index contributed by atoms with van der Waals surface area (Å²) in [5.74, 6) is 0.629. The van der Waals surface area contributed by atoms with Crippen molar-refractivity contribution in [2.24, 2.45) is 5.73 Å². The molecule has 7 nitrogen and oxygen atoms in total. The van der Waals surface area contributed by atoms with Gasteiger partial charge < -0.3 is 24.7 Å². The quantitative estimate of drug-likeness (QED) is 0.198. The Kier molecular flexibility index (Phi) is 7.90. The average Bonchev–Trinajstić information content (AvgIpc) is 2.96. The van der Waals surface area contributed by atoms with Crippen molar-refractivity contribution < 1.29 is 23.7 Å². The fourth-order valence-electron chi connectivity index (χ4n) is 4.31. The topological polar surface area (TPSA) is 104 Å². The van der Waals surface area contributed by atoms with E-state index in [0.29, 0.717) is 40.0 Å². The van der Waals surface area contributed by atoms with Crippen molar-refractivity contribution in [2.75, 3.05) is 6.61 Å². The van der Waals surface area contributed by atoms with E-state index in [1.165, 1.54) is 5.56 Å². The van der Waals surface area contributed by atoms with Gasteiger partial charge in [0.25, 0.3) is 0 Å². The highest BCUT2D eigenvalue weighted by atomic mass is 35.5. The molecule has 2 N–H and O–H groups in total. The van der Waals surface area contributed by atoms with Crippen LogP contribution in [0.3, 0.4) is 0 Å². The molecule has 0 aliphatic carbocycles. The lowest BCUT2D eigenvalue weighted by atomic mass is 9.83. The minimum absolute atomic E-state index is 0.00905. The molecule has 4 aromatic carbocycles. The van der Waals surface area contributed by atoms with Gasteiger partial charge in [0.2, 0.25) is 5.88 Å². The van der Waals surface area contributed by atoms with Crippen LogP contribution in [-0.4, -0.2) is 12.6 Å². The largest absolute Gasteiger partial charge is 0.489 e. The summed E-state index contributed by atoms with van der Waals surface area (Å²) in [4.78, 5) is 12.4. The molecule has 40 heavy (non-hydrogen) atoms. The lowest BCUT2D eigenvalue weighted by molar-refractivity contribution is -0.136. The summed E-state index contributed by atoms with van der Waals surface area (Å²) in [5, 5.41) is 10.3. The van der Waals surface area contributed by atoms with Gasteiger partial charge in [-0.1, -0.05) is 71.8 Å². The number of nitrogens with zero attached hydrogens (tertiary/aromatic N) is 1. The molecule has 0 amide bonds. The SMILES string of the molecule is Cc1ccc(COc2ccc(C3C(C#N)=C(N)Oc4cc(OC(=O)COc5ccccc5Cl)ccc43)cc2)cc1. The third kappa shape index (κ3) is 6.04. The first kappa shape index (κ1) is 26.7. The molecule has 0 bridgehead atoms. The number of benzene rings is 4. The van der Waals surface area contributed by atoms with Crippen LogP contribution in [0.5, 0.6) is 23.0 Å². The third-order valence-corrected chi connectivity index (χ3v) is 6.66. The van der Waals surface area contributed by atoms with Crippen LogP contribution in [0.25, 0.3) is 0 Å². The number of para-hydroxylation sites is 1. The molecular weight excluding hydrogens is 528 g/mol. The predicted molar refractivity (Wildman–Crippen MR) is 150 cm³/mol. The summed E-state index contributed by atoms with van der Waals surface area (Å²) < 4.78 is 22.6. The monoisotopic (exact) mass is 552 g/mol. The zero-order valence-electron chi connectivity index (χ0n) is 21.6. The highest BCUT2D eigenvalue weighted by molar-refractivity contribution is 6.32. The van der Waals surface area contributed by atoms with Crippen molar-refractivity contribution in [2.45, 2.75) is 19.4 Å². The van der Waals surface area contributed by atoms with Crippen molar-refractivity contribution in [1.29, 1.82) is 5.26 Å². The maximum Gasteiger partial charge on any atom is 0.349 e. The normalized spacial score (nSPS) is 14.0. The molecule has 5 rings (SSSR count). The number of hydrogen-bond acceptors (Lipinski definition) is 7. The number of carbonyl (C=O) groups is 1. The smallest absolute Gasteiger partial charge is 0.349 e. The fraction of sp³-hybridized carbons (Fsp3) is 0.125. The van der Waals surface area contributed by atoms with Gasteiger partial charge in [0, 0.05) is 11.6 Å². The van der Waals surface area contributed by atoms with Gasteiger partial charge in [-0.15, -0.1) is 0 Å². The summed E-state index contributed by atoms with van der Waals surface area (Å²) in [6, 6.07) is 29.7. The molecule has 0 fully saturated rings. The molecule has 0 spiro atoms. The Hall–Kier alpha value is -4.93. The van der Waals surface area contributed by atoms with Gasteiger partial charge in [-0.3, -0.25) is 0 Å². The Morgan fingerprint density at radius 3 is 2.42 bits per heavy atom. The number of allylic oxidation sites excluding steroid dienone is 1. The number of esters is 1. The summed E-state index contributed by atoms with van der Waals surface area (Å²) in [7, 11) is 0. The van der Waals surface area contributed by atoms with E-state index < -0.39 is 11.9 Å². The number of nitrogens with two attached hydrogens (primary N) is 1. The van der Waals surface area contributed by atoms with Crippen LogP contribution in [0, 0.1) is 18.3 Å². The number of fused-ring (bicyclic) bond motifs is 1. The number of aryl methyl sites for hydroxylation is 1. The van der Waals surface area contributed by atoms with Crippen molar-refractivity contribution in [3.63, 3.8) is 0 Å². The van der Waals surface area contributed by atoms with E-state index in [1.807, 2.05) is 55.5 Å². The maximum absolute atomic E-state index is 12.4. The van der Waals surface area contributed by atoms with Crippen LogP contribution < -0.4 is 24.7 Å². The van der Waals surface area contributed by atoms with Gasteiger partial charge in [-0.05, 0) is 48.4 Å². The molecule has 200 valence electrons. The summed E-state index contributed by atoms with van der Waals surface area (Å²) >= 11 is 6.06. The Balaban J connectivity index is 1.30. The zero-order valence-corrected chi connectivity index (χ0v) is 22.4. The van der Waals surface area contributed by atoms with E-state index >= 15 is 0 Å². The Labute approximate surface area is 236 Å². The minimum atomic E-state index is -0.616. The molecule has 1 unspecified atom stereocenters. The van der Waals surface area contributed by atoms with E-state index in [0.717, 1.165) is 11.1 Å². The first-order valence-electron chi connectivity index (χ1n) is 12.5.